The number of carbonyl (C=O) groups is 2. The van der Waals surface area contributed by atoms with Gasteiger partial charge in [0.2, 0.25) is 0 Å². The molecule has 0 aliphatic heterocycles. The van der Waals surface area contributed by atoms with Gasteiger partial charge in [-0.15, -0.1) is 0 Å². The van der Waals surface area contributed by atoms with Crippen LogP contribution >= 0.6 is 11.6 Å². The average molecular weight is 391 g/mol. The predicted molar refractivity (Wildman–Crippen MR) is 112 cm³/mol. The molecule has 4 nitrogen and oxygen atoms in total. The molecule has 0 radical (unpaired) electrons. The first-order valence-electron chi connectivity index (χ1n) is 8.77. The first kappa shape index (κ1) is 19.4. The summed E-state index contributed by atoms with van der Waals surface area (Å²) in [5.41, 5.74) is 2.35. The van der Waals surface area contributed by atoms with Gasteiger partial charge in [0.05, 0.1) is 0 Å². The summed E-state index contributed by atoms with van der Waals surface area (Å²) in [6.45, 7) is 0.360. The molecular formula is C23H19ClN2O2. The fraction of sp³-hybridized carbons (Fsp3) is 0.0435. The number of amides is 2. The number of nitrogens with one attached hydrogen (secondary N) is 2. The van der Waals surface area contributed by atoms with Crippen LogP contribution in [0.4, 0.5) is 0 Å². The fourth-order valence-corrected chi connectivity index (χ4v) is 2.67. The van der Waals surface area contributed by atoms with Crippen LogP contribution in [0, 0.1) is 0 Å². The van der Waals surface area contributed by atoms with E-state index in [4.69, 9.17) is 11.6 Å². The molecule has 5 heteroatoms. The van der Waals surface area contributed by atoms with E-state index in [0.29, 0.717) is 17.1 Å². The normalized spacial score (nSPS) is 11.0. The highest BCUT2D eigenvalue weighted by molar-refractivity contribution is 6.30. The Morgan fingerprint density at radius 3 is 2.07 bits per heavy atom. The molecule has 28 heavy (non-hydrogen) atoms. The third kappa shape index (κ3) is 5.56. The summed E-state index contributed by atoms with van der Waals surface area (Å²) in [5.74, 6) is -0.723. The molecule has 0 bridgehead atoms. The van der Waals surface area contributed by atoms with Gasteiger partial charge in [0.25, 0.3) is 11.8 Å². The van der Waals surface area contributed by atoms with E-state index in [-0.39, 0.29) is 17.5 Å². The van der Waals surface area contributed by atoms with Crippen molar-refractivity contribution in [3.8, 4) is 0 Å². The van der Waals surface area contributed by atoms with E-state index in [1.54, 1.807) is 54.6 Å². The van der Waals surface area contributed by atoms with Crippen LogP contribution in [0.25, 0.3) is 6.08 Å². The van der Waals surface area contributed by atoms with Gasteiger partial charge in [0.1, 0.15) is 5.70 Å². The average Bonchev–Trinajstić information content (AvgIpc) is 2.74. The Morgan fingerprint density at radius 1 is 0.821 bits per heavy atom. The fourth-order valence-electron chi connectivity index (χ4n) is 2.54. The number of halogens is 1. The molecule has 0 heterocycles. The first-order valence-corrected chi connectivity index (χ1v) is 9.15. The standard InChI is InChI=1S/C23H19ClN2O2/c24-20-13-11-17(12-14-20)15-21(26-22(27)19-9-5-2-6-10-19)23(28)25-16-18-7-3-1-4-8-18/h1-15H,16H2,(H,25,28)(H,26,27)/b21-15-. The van der Waals surface area contributed by atoms with E-state index < -0.39 is 0 Å². The highest BCUT2D eigenvalue weighted by Crippen LogP contribution is 2.13. The van der Waals surface area contributed by atoms with Crippen LogP contribution in [0.15, 0.2) is 90.6 Å². The predicted octanol–water partition coefficient (Wildman–Crippen LogP) is 4.43. The van der Waals surface area contributed by atoms with Crippen molar-refractivity contribution >= 4 is 29.5 Å². The van der Waals surface area contributed by atoms with Crippen LogP contribution in [0.1, 0.15) is 21.5 Å². The second-order valence-corrected chi connectivity index (χ2v) is 6.53. The molecule has 0 aliphatic carbocycles. The maximum atomic E-state index is 12.7. The van der Waals surface area contributed by atoms with Crippen molar-refractivity contribution in [1.82, 2.24) is 10.6 Å². The summed E-state index contributed by atoms with van der Waals surface area (Å²) in [6, 6.07) is 25.3. The Morgan fingerprint density at radius 2 is 1.43 bits per heavy atom. The molecular weight excluding hydrogens is 372 g/mol. The summed E-state index contributed by atoms with van der Waals surface area (Å²) in [4.78, 5) is 25.3. The minimum absolute atomic E-state index is 0.159. The smallest absolute Gasteiger partial charge is 0.268 e. The summed E-state index contributed by atoms with van der Waals surface area (Å²) in [6.07, 6.45) is 1.62. The topological polar surface area (TPSA) is 58.2 Å². The van der Waals surface area contributed by atoms with Crippen LogP contribution in [-0.2, 0) is 11.3 Å². The van der Waals surface area contributed by atoms with Crippen molar-refractivity contribution in [2.24, 2.45) is 0 Å². The lowest BCUT2D eigenvalue weighted by atomic mass is 10.1. The molecule has 0 unspecified atom stereocenters. The number of benzene rings is 3. The largest absolute Gasteiger partial charge is 0.347 e. The second kappa shape index (κ2) is 9.53. The summed E-state index contributed by atoms with van der Waals surface area (Å²) in [7, 11) is 0. The van der Waals surface area contributed by atoms with Crippen molar-refractivity contribution in [1.29, 1.82) is 0 Å². The van der Waals surface area contributed by atoms with Gasteiger partial charge in [-0.25, -0.2) is 0 Å². The Balaban J connectivity index is 1.80. The molecule has 2 N–H and O–H groups in total. The van der Waals surface area contributed by atoms with E-state index in [1.165, 1.54) is 0 Å². The third-order valence-corrected chi connectivity index (χ3v) is 4.26. The molecule has 140 valence electrons. The molecule has 0 saturated heterocycles. The lowest BCUT2D eigenvalue weighted by Crippen LogP contribution is -2.34. The first-order chi connectivity index (χ1) is 13.6. The monoisotopic (exact) mass is 390 g/mol. The highest BCUT2D eigenvalue weighted by atomic mass is 35.5. The van der Waals surface area contributed by atoms with E-state index in [2.05, 4.69) is 10.6 Å². The van der Waals surface area contributed by atoms with Crippen LogP contribution in [0.2, 0.25) is 5.02 Å². The summed E-state index contributed by atoms with van der Waals surface area (Å²) < 4.78 is 0. The van der Waals surface area contributed by atoms with Gasteiger partial charge in [-0.3, -0.25) is 9.59 Å². The molecule has 0 aromatic heterocycles. The van der Waals surface area contributed by atoms with Crippen molar-refractivity contribution in [3.63, 3.8) is 0 Å². The van der Waals surface area contributed by atoms with Gasteiger partial charge < -0.3 is 10.6 Å². The Labute approximate surface area is 168 Å². The van der Waals surface area contributed by atoms with Crippen molar-refractivity contribution in [2.75, 3.05) is 0 Å². The van der Waals surface area contributed by atoms with Gasteiger partial charge in [-0.2, -0.15) is 0 Å². The van der Waals surface area contributed by atoms with Crippen LogP contribution < -0.4 is 10.6 Å². The quantitative estimate of drug-likeness (QED) is 0.612. The number of rotatable bonds is 6. The zero-order chi connectivity index (χ0) is 19.8. The Hall–Kier alpha value is -3.37. The van der Waals surface area contributed by atoms with E-state index >= 15 is 0 Å². The Bertz CT molecular complexity index is 969. The lowest BCUT2D eigenvalue weighted by molar-refractivity contribution is -0.117. The molecule has 0 atom stereocenters. The van der Waals surface area contributed by atoms with Gasteiger partial charge in [-0.1, -0.05) is 72.3 Å². The van der Waals surface area contributed by atoms with E-state index in [0.717, 1.165) is 11.1 Å². The Kier molecular flexibility index (Phi) is 6.60. The van der Waals surface area contributed by atoms with E-state index in [1.807, 2.05) is 36.4 Å². The lowest BCUT2D eigenvalue weighted by Gasteiger charge is -2.11. The number of hydrogen-bond donors (Lipinski definition) is 2. The second-order valence-electron chi connectivity index (χ2n) is 6.10. The molecule has 3 aromatic carbocycles. The van der Waals surface area contributed by atoms with Gasteiger partial charge in [0, 0.05) is 17.1 Å². The van der Waals surface area contributed by atoms with Crippen LogP contribution in [0.5, 0.6) is 0 Å². The molecule has 3 aromatic rings. The maximum absolute atomic E-state index is 12.7. The maximum Gasteiger partial charge on any atom is 0.268 e. The third-order valence-electron chi connectivity index (χ3n) is 4.01. The molecule has 3 rings (SSSR count). The van der Waals surface area contributed by atoms with Crippen LogP contribution in [0.3, 0.4) is 0 Å². The van der Waals surface area contributed by atoms with E-state index in [9.17, 15) is 9.59 Å². The van der Waals surface area contributed by atoms with Gasteiger partial charge >= 0.3 is 0 Å². The molecule has 0 fully saturated rings. The zero-order valence-electron chi connectivity index (χ0n) is 15.1. The molecule has 0 saturated carbocycles. The number of carbonyl (C=O) groups excluding carboxylic acids is 2. The zero-order valence-corrected chi connectivity index (χ0v) is 15.8. The van der Waals surface area contributed by atoms with Crippen molar-refractivity contribution in [2.45, 2.75) is 6.54 Å². The summed E-state index contributed by atoms with van der Waals surface area (Å²) >= 11 is 5.92. The van der Waals surface area contributed by atoms with Crippen molar-refractivity contribution < 1.29 is 9.59 Å². The van der Waals surface area contributed by atoms with Gasteiger partial charge in [0.15, 0.2) is 0 Å². The van der Waals surface area contributed by atoms with Gasteiger partial charge in [-0.05, 0) is 41.5 Å². The minimum Gasteiger partial charge on any atom is -0.347 e. The summed E-state index contributed by atoms with van der Waals surface area (Å²) in [5, 5.41) is 6.15. The molecule has 0 aliphatic rings. The molecule has 2 amide bonds. The minimum atomic E-state index is -0.372. The number of hydrogen-bond acceptors (Lipinski definition) is 2. The molecule has 0 spiro atoms. The van der Waals surface area contributed by atoms with Crippen molar-refractivity contribution in [3.05, 3.63) is 112 Å². The SMILES string of the molecule is O=C(NCc1ccccc1)/C(=C/c1ccc(Cl)cc1)NC(=O)c1ccccc1. The van der Waals surface area contributed by atoms with Crippen LogP contribution in [-0.4, -0.2) is 11.8 Å². The highest BCUT2D eigenvalue weighted by Gasteiger charge is 2.14.